The van der Waals surface area contributed by atoms with Crippen molar-refractivity contribution in [2.24, 2.45) is 10.4 Å². The summed E-state index contributed by atoms with van der Waals surface area (Å²) in [6.07, 6.45) is 7.14. The molecule has 1 aliphatic carbocycles. The fourth-order valence-corrected chi connectivity index (χ4v) is 3.30. The lowest BCUT2D eigenvalue weighted by Crippen LogP contribution is -2.40. The monoisotopic (exact) mass is 223 g/mol. The molecular formula is C13H25N3. The summed E-state index contributed by atoms with van der Waals surface area (Å²) in [5.74, 6) is 1.19. The van der Waals surface area contributed by atoms with E-state index in [2.05, 4.69) is 35.8 Å². The van der Waals surface area contributed by atoms with Crippen LogP contribution in [0.3, 0.4) is 0 Å². The molecule has 1 saturated carbocycles. The van der Waals surface area contributed by atoms with E-state index in [0.29, 0.717) is 5.41 Å². The van der Waals surface area contributed by atoms with Crippen LogP contribution in [-0.4, -0.2) is 49.5 Å². The van der Waals surface area contributed by atoms with Gasteiger partial charge in [-0.25, -0.2) is 0 Å². The van der Waals surface area contributed by atoms with Crippen molar-refractivity contribution < 1.29 is 0 Å². The van der Waals surface area contributed by atoms with E-state index in [4.69, 9.17) is 0 Å². The molecule has 1 saturated heterocycles. The highest BCUT2D eigenvalue weighted by atomic mass is 15.4. The van der Waals surface area contributed by atoms with E-state index in [1.165, 1.54) is 51.2 Å². The molecule has 0 aromatic carbocycles. The van der Waals surface area contributed by atoms with Crippen molar-refractivity contribution in [1.82, 2.24) is 9.80 Å². The zero-order chi connectivity index (χ0) is 11.6. The molecule has 16 heavy (non-hydrogen) atoms. The zero-order valence-corrected chi connectivity index (χ0v) is 11.0. The summed E-state index contributed by atoms with van der Waals surface area (Å²) in [5, 5.41) is 0. The lowest BCUT2D eigenvalue weighted by molar-refractivity contribution is 0.302. The first-order valence-corrected chi connectivity index (χ1v) is 6.64. The fourth-order valence-electron chi connectivity index (χ4n) is 3.30. The van der Waals surface area contributed by atoms with E-state index < -0.39 is 0 Å². The highest BCUT2D eigenvalue weighted by Crippen LogP contribution is 2.45. The van der Waals surface area contributed by atoms with E-state index in [9.17, 15) is 0 Å². The van der Waals surface area contributed by atoms with E-state index >= 15 is 0 Å². The van der Waals surface area contributed by atoms with Crippen LogP contribution < -0.4 is 0 Å². The quantitative estimate of drug-likeness (QED) is 0.501. The van der Waals surface area contributed by atoms with Crippen molar-refractivity contribution in [3.05, 3.63) is 0 Å². The molecule has 0 atom stereocenters. The van der Waals surface area contributed by atoms with Crippen molar-refractivity contribution in [3.8, 4) is 0 Å². The Morgan fingerprint density at radius 3 is 2.50 bits per heavy atom. The van der Waals surface area contributed by atoms with E-state index in [1.54, 1.807) is 0 Å². The Morgan fingerprint density at radius 1 is 1.25 bits per heavy atom. The third-order valence-electron chi connectivity index (χ3n) is 4.08. The summed E-state index contributed by atoms with van der Waals surface area (Å²) in [6, 6.07) is 0. The maximum atomic E-state index is 4.63. The summed E-state index contributed by atoms with van der Waals surface area (Å²) >= 11 is 0. The highest BCUT2D eigenvalue weighted by molar-refractivity contribution is 5.80. The molecule has 1 heterocycles. The van der Waals surface area contributed by atoms with Crippen LogP contribution in [0.15, 0.2) is 4.99 Å². The molecule has 2 aliphatic rings. The van der Waals surface area contributed by atoms with Crippen molar-refractivity contribution in [1.29, 1.82) is 0 Å². The highest BCUT2D eigenvalue weighted by Gasteiger charge is 2.41. The number of nitrogens with zero attached hydrogens (tertiary/aromatic N) is 3. The third kappa shape index (κ3) is 2.18. The molecule has 3 heteroatoms. The van der Waals surface area contributed by atoms with Crippen LogP contribution in [0.2, 0.25) is 0 Å². The molecule has 2 fully saturated rings. The van der Waals surface area contributed by atoms with Crippen molar-refractivity contribution >= 4 is 5.96 Å². The SMILES string of the molecule is CCN=C(N(C)C)N1CCC2(CCCC2)C1. The lowest BCUT2D eigenvalue weighted by Gasteiger charge is -2.28. The molecule has 0 aromatic rings. The largest absolute Gasteiger partial charge is 0.349 e. The molecule has 0 N–H and O–H groups in total. The van der Waals surface area contributed by atoms with E-state index in [-0.39, 0.29) is 0 Å². The van der Waals surface area contributed by atoms with Gasteiger partial charge in [-0.3, -0.25) is 4.99 Å². The Kier molecular flexibility index (Phi) is 3.41. The number of aliphatic imine (C=N–C) groups is 1. The zero-order valence-electron chi connectivity index (χ0n) is 11.0. The maximum Gasteiger partial charge on any atom is 0.196 e. The molecule has 0 amide bonds. The molecule has 0 bridgehead atoms. The van der Waals surface area contributed by atoms with Crippen molar-refractivity contribution in [3.63, 3.8) is 0 Å². The Labute approximate surface area is 99.5 Å². The first-order valence-electron chi connectivity index (χ1n) is 6.64. The van der Waals surface area contributed by atoms with Crippen LogP contribution in [0.25, 0.3) is 0 Å². The predicted octanol–water partition coefficient (Wildman–Crippen LogP) is 2.19. The van der Waals surface area contributed by atoms with Gasteiger partial charge in [-0.2, -0.15) is 0 Å². The number of likely N-dealkylation sites (tertiary alicyclic amines) is 1. The molecule has 0 radical (unpaired) electrons. The van der Waals surface area contributed by atoms with Gasteiger partial charge in [0.25, 0.3) is 0 Å². The van der Waals surface area contributed by atoms with Gasteiger partial charge in [0.15, 0.2) is 5.96 Å². The summed E-state index contributed by atoms with van der Waals surface area (Å²) in [4.78, 5) is 9.29. The van der Waals surface area contributed by atoms with Crippen LogP contribution in [-0.2, 0) is 0 Å². The molecule has 0 unspecified atom stereocenters. The minimum Gasteiger partial charge on any atom is -0.349 e. The van der Waals surface area contributed by atoms with Gasteiger partial charge in [0.05, 0.1) is 0 Å². The van der Waals surface area contributed by atoms with Crippen LogP contribution in [0, 0.1) is 5.41 Å². The normalized spacial score (nSPS) is 24.4. The van der Waals surface area contributed by atoms with Gasteiger partial charge >= 0.3 is 0 Å². The van der Waals surface area contributed by atoms with Gasteiger partial charge in [-0.15, -0.1) is 0 Å². The molecule has 1 spiro atoms. The minimum absolute atomic E-state index is 0.643. The standard InChI is InChI=1S/C13H25N3/c1-4-14-12(15(2)3)16-10-9-13(11-16)7-5-6-8-13/h4-11H2,1-3H3. The fraction of sp³-hybridized carbons (Fsp3) is 0.923. The minimum atomic E-state index is 0.643. The summed E-state index contributed by atoms with van der Waals surface area (Å²) in [5.41, 5.74) is 0.643. The Balaban J connectivity index is 2.03. The van der Waals surface area contributed by atoms with Gasteiger partial charge in [0.2, 0.25) is 0 Å². The Bertz CT molecular complexity index is 264. The van der Waals surface area contributed by atoms with E-state index in [0.717, 1.165) is 6.54 Å². The summed E-state index contributed by atoms with van der Waals surface area (Å²) in [6.45, 7) is 5.45. The van der Waals surface area contributed by atoms with E-state index in [1.807, 2.05) is 0 Å². The average Bonchev–Trinajstić information content (AvgIpc) is 2.86. The second kappa shape index (κ2) is 4.64. The smallest absolute Gasteiger partial charge is 0.196 e. The Hall–Kier alpha value is -0.730. The molecule has 2 rings (SSSR count). The second-order valence-corrected chi connectivity index (χ2v) is 5.55. The molecule has 92 valence electrons. The summed E-state index contributed by atoms with van der Waals surface area (Å²) < 4.78 is 0. The maximum absolute atomic E-state index is 4.63. The van der Waals surface area contributed by atoms with Gasteiger partial charge in [-0.1, -0.05) is 12.8 Å². The second-order valence-electron chi connectivity index (χ2n) is 5.55. The number of rotatable bonds is 1. The molecule has 3 nitrogen and oxygen atoms in total. The topological polar surface area (TPSA) is 18.8 Å². The van der Waals surface area contributed by atoms with Crippen LogP contribution in [0.5, 0.6) is 0 Å². The number of guanidine groups is 1. The molecule has 1 aliphatic heterocycles. The Morgan fingerprint density at radius 2 is 1.94 bits per heavy atom. The van der Waals surface area contributed by atoms with Gasteiger partial charge < -0.3 is 9.80 Å². The predicted molar refractivity (Wildman–Crippen MR) is 68.8 cm³/mol. The first kappa shape index (κ1) is 11.7. The van der Waals surface area contributed by atoms with Gasteiger partial charge in [-0.05, 0) is 31.6 Å². The lowest BCUT2D eigenvalue weighted by atomic mass is 9.86. The van der Waals surface area contributed by atoms with Crippen molar-refractivity contribution in [2.75, 3.05) is 33.7 Å². The molecule has 0 aromatic heterocycles. The first-order chi connectivity index (χ1) is 7.67. The van der Waals surface area contributed by atoms with Gasteiger partial charge in [0.1, 0.15) is 0 Å². The molecular weight excluding hydrogens is 198 g/mol. The number of hydrogen-bond donors (Lipinski definition) is 0. The van der Waals surface area contributed by atoms with Gasteiger partial charge in [0, 0.05) is 33.7 Å². The average molecular weight is 223 g/mol. The summed E-state index contributed by atoms with van der Waals surface area (Å²) in [7, 11) is 4.21. The van der Waals surface area contributed by atoms with Crippen LogP contribution >= 0.6 is 0 Å². The third-order valence-corrected chi connectivity index (χ3v) is 4.08. The number of hydrogen-bond acceptors (Lipinski definition) is 1. The van der Waals surface area contributed by atoms with Crippen LogP contribution in [0.4, 0.5) is 0 Å². The van der Waals surface area contributed by atoms with Crippen LogP contribution in [0.1, 0.15) is 39.0 Å². The van der Waals surface area contributed by atoms with Crippen molar-refractivity contribution in [2.45, 2.75) is 39.0 Å².